The first-order chi connectivity index (χ1) is 7.31. The summed E-state index contributed by atoms with van der Waals surface area (Å²) in [6.07, 6.45) is 0. The van der Waals surface area contributed by atoms with Crippen LogP contribution in [0, 0.1) is 0 Å². The summed E-state index contributed by atoms with van der Waals surface area (Å²) < 4.78 is 6.11. The number of thiazole rings is 1. The summed E-state index contributed by atoms with van der Waals surface area (Å²) in [4.78, 5) is 4.49. The molecular weight excluding hydrogens is 274 g/mol. The monoisotopic (exact) mass is 283 g/mol. The van der Waals surface area contributed by atoms with Gasteiger partial charge in [-0.2, -0.15) is 0 Å². The van der Waals surface area contributed by atoms with Crippen LogP contribution >= 0.6 is 27.3 Å². The SMILES string of the molecule is COCc1csc(-c2ccccc2Br)n1. The zero-order valence-electron chi connectivity index (χ0n) is 8.24. The highest BCUT2D eigenvalue weighted by molar-refractivity contribution is 9.10. The molecule has 0 radical (unpaired) electrons. The van der Waals surface area contributed by atoms with Crippen molar-refractivity contribution in [1.29, 1.82) is 0 Å². The number of hydrogen-bond donors (Lipinski definition) is 0. The smallest absolute Gasteiger partial charge is 0.124 e. The van der Waals surface area contributed by atoms with Crippen LogP contribution in [0.4, 0.5) is 0 Å². The molecule has 0 aliphatic rings. The lowest BCUT2D eigenvalue weighted by atomic mass is 10.2. The van der Waals surface area contributed by atoms with Crippen LogP contribution in [0.5, 0.6) is 0 Å². The number of methoxy groups -OCH3 is 1. The van der Waals surface area contributed by atoms with Crippen molar-refractivity contribution >= 4 is 27.3 Å². The maximum absolute atomic E-state index is 5.04. The Kier molecular flexibility index (Phi) is 3.51. The summed E-state index contributed by atoms with van der Waals surface area (Å²) in [5.74, 6) is 0. The Morgan fingerprint density at radius 3 is 2.93 bits per heavy atom. The number of rotatable bonds is 3. The quantitative estimate of drug-likeness (QED) is 0.857. The average molecular weight is 284 g/mol. The van der Waals surface area contributed by atoms with Crippen LogP contribution in [-0.2, 0) is 11.3 Å². The summed E-state index contributed by atoms with van der Waals surface area (Å²) in [6, 6.07) is 8.08. The van der Waals surface area contributed by atoms with Gasteiger partial charge in [0.25, 0.3) is 0 Å². The lowest BCUT2D eigenvalue weighted by molar-refractivity contribution is 0.182. The highest BCUT2D eigenvalue weighted by Gasteiger charge is 2.06. The summed E-state index contributed by atoms with van der Waals surface area (Å²) in [6.45, 7) is 0.570. The Morgan fingerprint density at radius 1 is 1.40 bits per heavy atom. The number of benzene rings is 1. The van der Waals surface area contributed by atoms with Crippen molar-refractivity contribution in [1.82, 2.24) is 4.98 Å². The Balaban J connectivity index is 2.33. The molecule has 0 saturated carbocycles. The molecule has 0 aliphatic heterocycles. The summed E-state index contributed by atoms with van der Waals surface area (Å²) in [5.41, 5.74) is 2.11. The molecule has 0 unspecified atom stereocenters. The molecule has 0 atom stereocenters. The molecule has 4 heteroatoms. The molecular formula is C11H10BrNOS. The van der Waals surface area contributed by atoms with Gasteiger partial charge in [-0.3, -0.25) is 0 Å². The molecule has 1 aromatic heterocycles. The lowest BCUT2D eigenvalue weighted by Crippen LogP contribution is -1.87. The van der Waals surface area contributed by atoms with Crippen molar-refractivity contribution in [3.63, 3.8) is 0 Å². The molecule has 0 bridgehead atoms. The van der Waals surface area contributed by atoms with E-state index in [1.807, 2.05) is 23.6 Å². The number of aromatic nitrogens is 1. The number of nitrogens with zero attached hydrogens (tertiary/aromatic N) is 1. The summed E-state index contributed by atoms with van der Waals surface area (Å²) >= 11 is 5.15. The van der Waals surface area contributed by atoms with Crippen molar-refractivity contribution in [2.75, 3.05) is 7.11 Å². The number of ether oxygens (including phenoxy) is 1. The van der Waals surface area contributed by atoms with Gasteiger partial charge >= 0.3 is 0 Å². The molecule has 2 aromatic rings. The Hall–Kier alpha value is -0.710. The van der Waals surface area contributed by atoms with Gasteiger partial charge in [0.1, 0.15) is 5.01 Å². The highest BCUT2D eigenvalue weighted by atomic mass is 79.9. The fourth-order valence-electron chi connectivity index (χ4n) is 1.28. The van der Waals surface area contributed by atoms with Gasteiger partial charge in [-0.05, 0) is 6.07 Å². The van der Waals surface area contributed by atoms with E-state index in [0.717, 1.165) is 20.7 Å². The van der Waals surface area contributed by atoms with E-state index in [-0.39, 0.29) is 0 Å². The van der Waals surface area contributed by atoms with Crippen LogP contribution in [0.1, 0.15) is 5.69 Å². The van der Waals surface area contributed by atoms with Gasteiger partial charge in [0.05, 0.1) is 12.3 Å². The highest BCUT2D eigenvalue weighted by Crippen LogP contribution is 2.30. The standard InChI is InChI=1S/C11H10BrNOS/c1-14-6-8-7-15-11(13-8)9-4-2-3-5-10(9)12/h2-5,7H,6H2,1H3. The molecule has 0 N–H and O–H groups in total. The third-order valence-electron chi connectivity index (χ3n) is 1.95. The Morgan fingerprint density at radius 2 is 2.20 bits per heavy atom. The lowest BCUT2D eigenvalue weighted by Gasteiger charge is -1.98. The van der Waals surface area contributed by atoms with E-state index in [9.17, 15) is 0 Å². The molecule has 0 fully saturated rings. The predicted molar refractivity (Wildman–Crippen MR) is 66.0 cm³/mol. The molecule has 2 nitrogen and oxygen atoms in total. The summed E-state index contributed by atoms with van der Waals surface area (Å²) in [7, 11) is 1.68. The second-order valence-electron chi connectivity index (χ2n) is 3.06. The van der Waals surface area contributed by atoms with Gasteiger partial charge in [-0.25, -0.2) is 4.98 Å². The first-order valence-electron chi connectivity index (χ1n) is 4.49. The predicted octanol–water partition coefficient (Wildman–Crippen LogP) is 3.72. The van der Waals surface area contributed by atoms with E-state index in [1.54, 1.807) is 18.4 Å². The minimum atomic E-state index is 0.570. The molecule has 0 saturated heterocycles. The molecule has 1 aromatic carbocycles. The molecule has 78 valence electrons. The van der Waals surface area contributed by atoms with E-state index >= 15 is 0 Å². The van der Waals surface area contributed by atoms with E-state index in [1.165, 1.54) is 0 Å². The van der Waals surface area contributed by atoms with Crippen LogP contribution in [-0.4, -0.2) is 12.1 Å². The average Bonchev–Trinajstić information content (AvgIpc) is 2.68. The third-order valence-corrected chi connectivity index (χ3v) is 3.56. The van der Waals surface area contributed by atoms with Gasteiger partial charge in [0.2, 0.25) is 0 Å². The van der Waals surface area contributed by atoms with E-state index in [2.05, 4.69) is 27.0 Å². The Bertz CT molecular complexity index is 455. The van der Waals surface area contributed by atoms with E-state index < -0.39 is 0 Å². The van der Waals surface area contributed by atoms with E-state index in [4.69, 9.17) is 4.74 Å². The van der Waals surface area contributed by atoms with Crippen molar-refractivity contribution in [3.05, 3.63) is 39.8 Å². The minimum Gasteiger partial charge on any atom is -0.378 e. The topological polar surface area (TPSA) is 22.1 Å². The third kappa shape index (κ3) is 2.45. The Labute approximate surface area is 101 Å². The minimum absolute atomic E-state index is 0.570. The fourth-order valence-corrected chi connectivity index (χ4v) is 2.73. The van der Waals surface area contributed by atoms with Crippen LogP contribution < -0.4 is 0 Å². The first kappa shape index (κ1) is 10.8. The maximum Gasteiger partial charge on any atom is 0.124 e. The largest absolute Gasteiger partial charge is 0.378 e. The molecule has 2 rings (SSSR count). The number of hydrogen-bond acceptors (Lipinski definition) is 3. The molecule has 0 amide bonds. The van der Waals surface area contributed by atoms with Gasteiger partial charge in [-0.1, -0.05) is 34.1 Å². The molecule has 0 spiro atoms. The summed E-state index contributed by atoms with van der Waals surface area (Å²) in [5, 5.41) is 3.05. The molecule has 15 heavy (non-hydrogen) atoms. The van der Waals surface area contributed by atoms with Crippen molar-refractivity contribution in [2.45, 2.75) is 6.61 Å². The van der Waals surface area contributed by atoms with Crippen molar-refractivity contribution in [3.8, 4) is 10.6 Å². The van der Waals surface area contributed by atoms with Crippen LogP contribution in [0.15, 0.2) is 34.1 Å². The first-order valence-corrected chi connectivity index (χ1v) is 6.17. The van der Waals surface area contributed by atoms with Crippen molar-refractivity contribution in [2.24, 2.45) is 0 Å². The molecule has 1 heterocycles. The zero-order chi connectivity index (χ0) is 10.7. The normalized spacial score (nSPS) is 10.5. The van der Waals surface area contributed by atoms with E-state index in [0.29, 0.717) is 6.61 Å². The van der Waals surface area contributed by atoms with Gasteiger partial charge < -0.3 is 4.74 Å². The second-order valence-corrected chi connectivity index (χ2v) is 4.77. The number of halogens is 1. The van der Waals surface area contributed by atoms with Crippen LogP contribution in [0.3, 0.4) is 0 Å². The van der Waals surface area contributed by atoms with Crippen LogP contribution in [0.2, 0.25) is 0 Å². The van der Waals surface area contributed by atoms with Crippen LogP contribution in [0.25, 0.3) is 10.6 Å². The molecule has 0 aliphatic carbocycles. The fraction of sp³-hybridized carbons (Fsp3) is 0.182. The second kappa shape index (κ2) is 4.88. The van der Waals surface area contributed by atoms with Gasteiger partial charge in [-0.15, -0.1) is 11.3 Å². The maximum atomic E-state index is 5.04. The van der Waals surface area contributed by atoms with Gasteiger partial charge in [0, 0.05) is 22.5 Å². The van der Waals surface area contributed by atoms with Crippen molar-refractivity contribution < 1.29 is 4.74 Å². The zero-order valence-corrected chi connectivity index (χ0v) is 10.6. The van der Waals surface area contributed by atoms with Gasteiger partial charge in [0.15, 0.2) is 0 Å².